The van der Waals surface area contributed by atoms with Gasteiger partial charge in [0, 0.05) is 16.5 Å². The van der Waals surface area contributed by atoms with Gasteiger partial charge in [0.05, 0.1) is 0 Å². The molecule has 84 valence electrons. The molecule has 0 atom stereocenters. The Hall–Kier alpha value is -0.620. The van der Waals surface area contributed by atoms with E-state index in [2.05, 4.69) is 15.5 Å². The van der Waals surface area contributed by atoms with Crippen LogP contribution in [-0.2, 0) is 6.54 Å². The van der Waals surface area contributed by atoms with Crippen molar-refractivity contribution in [3.8, 4) is 0 Å². The molecular weight excluding hydrogens is 262 g/mol. The molecule has 0 amide bonds. The average Bonchev–Trinajstić information content (AvgIpc) is 2.75. The summed E-state index contributed by atoms with van der Waals surface area (Å²) >= 11 is 9.11. The van der Waals surface area contributed by atoms with E-state index in [9.17, 15) is 0 Å². The van der Waals surface area contributed by atoms with Crippen molar-refractivity contribution < 1.29 is 0 Å². The topological polar surface area (TPSA) is 37.8 Å². The fourth-order valence-corrected chi connectivity index (χ4v) is 3.10. The maximum absolute atomic E-state index is 5.99. The van der Waals surface area contributed by atoms with Gasteiger partial charge in [-0.3, -0.25) is 0 Å². The predicted molar refractivity (Wildman–Crippen MR) is 68.2 cm³/mol. The van der Waals surface area contributed by atoms with Gasteiger partial charge in [0.15, 0.2) is 4.34 Å². The molecule has 0 bridgehead atoms. The molecule has 1 N–H and O–H groups in total. The molecule has 0 radical (unpaired) electrons. The van der Waals surface area contributed by atoms with Gasteiger partial charge >= 0.3 is 0 Å². The van der Waals surface area contributed by atoms with Crippen LogP contribution in [0.3, 0.4) is 0 Å². The molecule has 0 saturated heterocycles. The van der Waals surface area contributed by atoms with Crippen molar-refractivity contribution in [2.45, 2.75) is 15.8 Å². The van der Waals surface area contributed by atoms with Crippen LogP contribution in [0.5, 0.6) is 0 Å². The highest BCUT2D eigenvalue weighted by molar-refractivity contribution is 8.01. The molecule has 1 aromatic carbocycles. The Morgan fingerprint density at radius 2 is 2.38 bits per heavy atom. The van der Waals surface area contributed by atoms with Crippen LogP contribution in [0.1, 0.15) is 5.56 Å². The van der Waals surface area contributed by atoms with Crippen LogP contribution in [0.15, 0.2) is 32.9 Å². The summed E-state index contributed by atoms with van der Waals surface area (Å²) in [6, 6.07) is 5.89. The Labute approximate surface area is 107 Å². The molecule has 2 aromatic rings. The van der Waals surface area contributed by atoms with Gasteiger partial charge in [-0.15, -0.1) is 10.2 Å². The number of hydrogen-bond donors (Lipinski definition) is 1. The van der Waals surface area contributed by atoms with E-state index in [0.717, 1.165) is 20.8 Å². The lowest BCUT2D eigenvalue weighted by molar-refractivity contribution is 0.803. The second kappa shape index (κ2) is 5.63. The van der Waals surface area contributed by atoms with Crippen LogP contribution >= 0.6 is 34.7 Å². The number of aromatic nitrogens is 2. The minimum absolute atomic E-state index is 0.742. The van der Waals surface area contributed by atoms with Crippen LogP contribution in [0.2, 0.25) is 5.02 Å². The van der Waals surface area contributed by atoms with Crippen molar-refractivity contribution in [2.75, 3.05) is 7.05 Å². The lowest BCUT2D eigenvalue weighted by atomic mass is 10.2. The molecule has 0 unspecified atom stereocenters. The summed E-state index contributed by atoms with van der Waals surface area (Å²) in [5, 5.41) is 11.7. The Bertz CT molecular complexity index is 459. The van der Waals surface area contributed by atoms with Gasteiger partial charge in [-0.25, -0.2) is 0 Å². The number of nitrogens with zero attached hydrogens (tertiary/aromatic N) is 2. The number of nitrogens with one attached hydrogen (secondary N) is 1. The van der Waals surface area contributed by atoms with Crippen molar-refractivity contribution in [1.82, 2.24) is 15.5 Å². The smallest absolute Gasteiger partial charge is 0.178 e. The number of rotatable bonds is 4. The molecule has 1 aromatic heterocycles. The van der Waals surface area contributed by atoms with E-state index >= 15 is 0 Å². The van der Waals surface area contributed by atoms with Gasteiger partial charge in [-0.05, 0) is 24.7 Å². The standard InChI is InChI=1S/C10H10ClN3S2/c1-12-5-7-2-3-8(11)4-9(7)16-10-14-13-6-15-10/h2-4,6,12H,5H2,1H3. The lowest BCUT2D eigenvalue weighted by Gasteiger charge is -2.07. The van der Waals surface area contributed by atoms with Crippen molar-refractivity contribution in [3.63, 3.8) is 0 Å². The second-order valence-corrected chi connectivity index (χ2v) is 5.65. The Morgan fingerprint density at radius 3 is 3.06 bits per heavy atom. The van der Waals surface area contributed by atoms with Crippen molar-refractivity contribution in [2.24, 2.45) is 0 Å². The molecule has 0 fully saturated rings. The lowest BCUT2D eigenvalue weighted by Crippen LogP contribution is -2.05. The maximum Gasteiger partial charge on any atom is 0.178 e. The van der Waals surface area contributed by atoms with Crippen LogP contribution in [-0.4, -0.2) is 17.2 Å². The van der Waals surface area contributed by atoms with Gasteiger partial charge < -0.3 is 5.32 Å². The number of hydrogen-bond acceptors (Lipinski definition) is 5. The van der Waals surface area contributed by atoms with Crippen molar-refractivity contribution in [1.29, 1.82) is 0 Å². The highest BCUT2D eigenvalue weighted by Gasteiger charge is 2.07. The summed E-state index contributed by atoms with van der Waals surface area (Å²) < 4.78 is 0.930. The quantitative estimate of drug-likeness (QED) is 0.928. The van der Waals surface area contributed by atoms with E-state index in [4.69, 9.17) is 11.6 Å². The first kappa shape index (κ1) is 11.9. The molecule has 16 heavy (non-hydrogen) atoms. The average molecular weight is 272 g/mol. The van der Waals surface area contributed by atoms with Gasteiger partial charge in [-0.2, -0.15) is 0 Å². The van der Waals surface area contributed by atoms with E-state index in [1.54, 1.807) is 17.3 Å². The molecule has 1 heterocycles. The third kappa shape index (κ3) is 2.95. The third-order valence-electron chi connectivity index (χ3n) is 1.93. The second-order valence-electron chi connectivity index (χ2n) is 3.09. The zero-order valence-electron chi connectivity index (χ0n) is 8.61. The van der Waals surface area contributed by atoms with E-state index in [1.807, 2.05) is 25.2 Å². The molecule has 6 heteroatoms. The van der Waals surface area contributed by atoms with Crippen LogP contribution in [0.4, 0.5) is 0 Å². The summed E-state index contributed by atoms with van der Waals surface area (Å²) in [7, 11) is 1.92. The normalized spacial score (nSPS) is 10.6. The molecule has 0 aliphatic heterocycles. The minimum Gasteiger partial charge on any atom is -0.316 e. The molecule has 0 spiro atoms. The van der Waals surface area contributed by atoms with Gasteiger partial charge in [0.25, 0.3) is 0 Å². The summed E-state index contributed by atoms with van der Waals surface area (Å²) in [6.45, 7) is 0.818. The molecule has 0 aliphatic rings. The highest BCUT2D eigenvalue weighted by Crippen LogP contribution is 2.33. The van der Waals surface area contributed by atoms with E-state index in [0.29, 0.717) is 0 Å². The first-order valence-corrected chi connectivity index (χ1v) is 6.74. The monoisotopic (exact) mass is 271 g/mol. The largest absolute Gasteiger partial charge is 0.316 e. The molecular formula is C10H10ClN3S2. The molecule has 3 nitrogen and oxygen atoms in total. The summed E-state index contributed by atoms with van der Waals surface area (Å²) in [4.78, 5) is 1.12. The van der Waals surface area contributed by atoms with E-state index in [1.165, 1.54) is 16.9 Å². The number of halogens is 1. The summed E-state index contributed by atoms with van der Waals surface area (Å²) in [6.07, 6.45) is 0. The number of benzene rings is 1. The van der Waals surface area contributed by atoms with E-state index < -0.39 is 0 Å². The van der Waals surface area contributed by atoms with Crippen LogP contribution in [0.25, 0.3) is 0 Å². The van der Waals surface area contributed by atoms with Crippen LogP contribution < -0.4 is 5.32 Å². The fourth-order valence-electron chi connectivity index (χ4n) is 1.26. The zero-order valence-corrected chi connectivity index (χ0v) is 11.0. The maximum atomic E-state index is 5.99. The predicted octanol–water partition coefficient (Wildman–Crippen LogP) is 3.06. The van der Waals surface area contributed by atoms with Crippen molar-refractivity contribution in [3.05, 3.63) is 34.3 Å². The van der Waals surface area contributed by atoms with E-state index in [-0.39, 0.29) is 0 Å². The molecule has 0 saturated carbocycles. The molecule has 0 aliphatic carbocycles. The summed E-state index contributed by atoms with van der Waals surface area (Å²) in [5.41, 5.74) is 2.94. The van der Waals surface area contributed by atoms with Gasteiger partial charge in [-0.1, -0.05) is 40.8 Å². The minimum atomic E-state index is 0.742. The molecule has 2 rings (SSSR count). The third-order valence-corrected chi connectivity index (χ3v) is 4.05. The Kier molecular flexibility index (Phi) is 4.17. The SMILES string of the molecule is CNCc1ccc(Cl)cc1Sc1nncs1. The highest BCUT2D eigenvalue weighted by atomic mass is 35.5. The zero-order chi connectivity index (χ0) is 11.4. The fraction of sp³-hybridized carbons (Fsp3) is 0.200. The first-order valence-electron chi connectivity index (χ1n) is 4.66. The Balaban J connectivity index is 2.26. The van der Waals surface area contributed by atoms with Gasteiger partial charge in [0.1, 0.15) is 5.51 Å². The Morgan fingerprint density at radius 1 is 1.50 bits per heavy atom. The summed E-state index contributed by atoms with van der Waals surface area (Å²) in [5.74, 6) is 0. The first-order chi connectivity index (χ1) is 7.79. The van der Waals surface area contributed by atoms with Gasteiger partial charge in [0.2, 0.25) is 0 Å². The van der Waals surface area contributed by atoms with Crippen molar-refractivity contribution >= 4 is 34.7 Å². The van der Waals surface area contributed by atoms with Crippen LogP contribution in [0, 0.1) is 0 Å².